The molecule has 3 aliphatic rings. The topological polar surface area (TPSA) is 214 Å². The molecule has 4 unspecified atom stereocenters. The Hall–Kier alpha value is -3.52. The van der Waals surface area contributed by atoms with Gasteiger partial charge in [0.2, 0.25) is 0 Å². The van der Waals surface area contributed by atoms with E-state index in [-0.39, 0.29) is 34.2 Å². The third-order valence-corrected chi connectivity index (χ3v) is 7.78. The number of ether oxygens (including phenoxy) is 2. The van der Waals surface area contributed by atoms with Crippen LogP contribution in [-0.4, -0.2) is 85.9 Å². The quantitative estimate of drug-likeness (QED) is 0.183. The Bertz CT molecular complexity index is 1410. The van der Waals surface area contributed by atoms with Gasteiger partial charge >= 0.3 is 0 Å². The predicted molar refractivity (Wildman–Crippen MR) is 131 cm³/mol. The van der Waals surface area contributed by atoms with Gasteiger partial charge in [0.15, 0.2) is 29.9 Å². The van der Waals surface area contributed by atoms with Crippen LogP contribution in [0.25, 0.3) is 0 Å². The summed E-state index contributed by atoms with van der Waals surface area (Å²) in [5.74, 6) is -4.19. The summed E-state index contributed by atoms with van der Waals surface area (Å²) >= 11 is 0. The molecule has 2 aliphatic carbocycles. The number of aromatic hydroxyl groups is 2. The fourth-order valence-electron chi connectivity index (χ4n) is 5.74. The van der Waals surface area contributed by atoms with Crippen LogP contribution in [0.3, 0.4) is 0 Å². The van der Waals surface area contributed by atoms with Crippen LogP contribution in [-0.2, 0) is 20.7 Å². The first-order valence-corrected chi connectivity index (χ1v) is 12.3. The van der Waals surface area contributed by atoms with E-state index in [9.17, 15) is 44.7 Å². The van der Waals surface area contributed by atoms with E-state index in [0.717, 1.165) is 0 Å². The van der Waals surface area contributed by atoms with E-state index >= 15 is 0 Å². The Morgan fingerprint density at radius 3 is 2.51 bits per heavy atom. The monoisotopic (exact) mass is 541 g/mol. The minimum absolute atomic E-state index is 0.00507. The van der Waals surface area contributed by atoms with Crippen molar-refractivity contribution in [3.8, 4) is 11.5 Å². The molecule has 2 aromatic carbocycles. The lowest BCUT2D eigenvalue weighted by atomic mass is 9.71. The Balaban J connectivity index is 1.69. The van der Waals surface area contributed by atoms with Gasteiger partial charge in [0, 0.05) is 53.1 Å². The summed E-state index contributed by atoms with van der Waals surface area (Å²) < 4.78 is 11.7. The molecule has 5 rings (SSSR count). The van der Waals surface area contributed by atoms with E-state index in [2.05, 4.69) is 0 Å². The van der Waals surface area contributed by atoms with Gasteiger partial charge in [-0.15, -0.1) is 0 Å². The summed E-state index contributed by atoms with van der Waals surface area (Å²) in [7, 11) is 0. The van der Waals surface area contributed by atoms with Gasteiger partial charge in [0.1, 0.15) is 23.7 Å². The van der Waals surface area contributed by atoms with Gasteiger partial charge in [-0.3, -0.25) is 19.2 Å². The maximum absolute atomic E-state index is 13.6. The van der Waals surface area contributed by atoms with Crippen molar-refractivity contribution in [1.82, 2.24) is 0 Å². The van der Waals surface area contributed by atoms with E-state index < -0.39 is 95.7 Å². The molecule has 206 valence electrons. The molecular weight excluding hydrogens is 514 g/mol. The molecule has 2 aromatic rings. The summed E-state index contributed by atoms with van der Waals surface area (Å²) in [4.78, 5) is 51.2. The number of aldehydes is 1. The highest BCUT2D eigenvalue weighted by atomic mass is 16.7. The average Bonchev–Trinajstić information content (AvgIpc) is 2.90. The number of hydrogen-bond acceptors (Lipinski definition) is 12. The molecule has 0 spiro atoms. The lowest BCUT2D eigenvalue weighted by molar-refractivity contribution is -0.247. The van der Waals surface area contributed by atoms with Crippen molar-refractivity contribution in [2.24, 2.45) is 5.73 Å². The fourth-order valence-corrected chi connectivity index (χ4v) is 5.74. The Kier molecular flexibility index (Phi) is 6.66. The van der Waals surface area contributed by atoms with Crippen LogP contribution in [0, 0.1) is 0 Å². The molecule has 12 nitrogen and oxygen atoms in total. The summed E-state index contributed by atoms with van der Waals surface area (Å²) in [6.07, 6.45) is -4.91. The van der Waals surface area contributed by atoms with Crippen LogP contribution in [0.2, 0.25) is 0 Å². The molecule has 7 N–H and O–H groups in total. The first-order chi connectivity index (χ1) is 18.4. The van der Waals surface area contributed by atoms with Crippen molar-refractivity contribution in [2.45, 2.75) is 62.4 Å². The molecule has 1 aliphatic heterocycles. The zero-order valence-corrected chi connectivity index (χ0v) is 20.8. The average molecular weight is 542 g/mol. The fraction of sp³-hybridized carbons (Fsp3) is 0.407. The molecule has 12 heteroatoms. The standard InChI is InChI=1S/C27H27NO11/c1-10-22(32)14(28)5-17(38-10)39-15-7-27(37,16(31)9-30)6-13-19(15)26(36)21-20(24(13)34)23(33)12-4-2-3-11(8-29)18(12)25(21)35/h2-4,8,10,14-15,17,22,30,32,34,36-37H,5-7,9,28H2,1H3/t10?,14?,15-,17?,22?,27-/m0/s1. The Morgan fingerprint density at radius 2 is 1.87 bits per heavy atom. The first kappa shape index (κ1) is 27.1. The number of carbonyl (C=O) groups excluding carboxylic acids is 4. The van der Waals surface area contributed by atoms with Gasteiger partial charge in [0.05, 0.1) is 29.4 Å². The van der Waals surface area contributed by atoms with Gasteiger partial charge in [-0.1, -0.05) is 18.2 Å². The number of benzene rings is 2. The minimum atomic E-state index is -2.27. The molecule has 1 saturated heterocycles. The number of aliphatic hydroxyl groups is 3. The largest absolute Gasteiger partial charge is 0.507 e. The first-order valence-electron chi connectivity index (χ1n) is 12.3. The van der Waals surface area contributed by atoms with Crippen molar-refractivity contribution in [1.29, 1.82) is 0 Å². The van der Waals surface area contributed by atoms with Crippen molar-refractivity contribution >= 4 is 23.6 Å². The van der Waals surface area contributed by atoms with Gasteiger partial charge in [-0.05, 0) is 6.92 Å². The second-order valence-electron chi connectivity index (χ2n) is 10.2. The molecule has 1 fully saturated rings. The predicted octanol–water partition coefficient (Wildman–Crippen LogP) is -0.195. The smallest absolute Gasteiger partial charge is 0.199 e. The molecule has 6 atom stereocenters. The number of hydrogen-bond donors (Lipinski definition) is 6. The van der Waals surface area contributed by atoms with E-state index in [0.29, 0.717) is 6.29 Å². The highest BCUT2D eigenvalue weighted by molar-refractivity contribution is 6.32. The maximum atomic E-state index is 13.6. The molecule has 0 saturated carbocycles. The summed E-state index contributed by atoms with van der Waals surface area (Å²) in [5.41, 5.74) is 1.77. The van der Waals surface area contributed by atoms with Crippen LogP contribution in [0.15, 0.2) is 18.2 Å². The number of carbonyl (C=O) groups is 4. The molecule has 0 radical (unpaired) electrons. The number of nitrogens with two attached hydrogens (primary N) is 1. The minimum Gasteiger partial charge on any atom is -0.507 e. The van der Waals surface area contributed by atoms with Gasteiger partial charge in [-0.2, -0.15) is 0 Å². The molecule has 0 bridgehead atoms. The van der Waals surface area contributed by atoms with Crippen LogP contribution in [0.4, 0.5) is 0 Å². The van der Waals surface area contributed by atoms with Crippen molar-refractivity contribution in [3.05, 3.63) is 57.1 Å². The molecule has 0 aromatic heterocycles. The third-order valence-electron chi connectivity index (χ3n) is 7.78. The highest BCUT2D eigenvalue weighted by Crippen LogP contribution is 2.52. The second kappa shape index (κ2) is 9.59. The van der Waals surface area contributed by atoms with Crippen LogP contribution >= 0.6 is 0 Å². The zero-order valence-electron chi connectivity index (χ0n) is 20.8. The number of phenols is 2. The van der Waals surface area contributed by atoms with Gasteiger partial charge < -0.3 is 40.7 Å². The highest BCUT2D eigenvalue weighted by Gasteiger charge is 2.50. The SMILES string of the molecule is CC1OC(O[C@H]2C[C@](O)(C(=O)CO)Cc3c(O)c4c(c(O)c32)C(=O)c2c(C=O)cccc2C4=O)CC(N)C1O. The lowest BCUT2D eigenvalue weighted by Gasteiger charge is -2.42. The normalized spacial score (nSPS) is 29.8. The van der Waals surface area contributed by atoms with Crippen molar-refractivity contribution < 1.29 is 54.2 Å². The number of Topliss-reactive ketones (excluding diaryl/α,β-unsaturated/α-hetero) is 1. The summed E-state index contributed by atoms with van der Waals surface area (Å²) in [5, 5.41) is 53.6. The molecule has 39 heavy (non-hydrogen) atoms. The van der Waals surface area contributed by atoms with Gasteiger partial charge in [0.25, 0.3) is 0 Å². The number of rotatable bonds is 5. The maximum Gasteiger partial charge on any atom is 0.199 e. The number of aliphatic hydroxyl groups excluding tert-OH is 2. The van der Waals surface area contributed by atoms with E-state index in [1.807, 2.05) is 0 Å². The van der Waals surface area contributed by atoms with E-state index in [4.69, 9.17) is 15.2 Å². The number of fused-ring (bicyclic) bond motifs is 3. The molecule has 0 amide bonds. The Labute approximate surface area is 221 Å². The number of phenolic OH excluding ortho intramolecular Hbond substituents is 2. The third kappa shape index (κ3) is 4.07. The van der Waals surface area contributed by atoms with E-state index in [1.165, 1.54) is 18.2 Å². The Morgan fingerprint density at radius 1 is 1.18 bits per heavy atom. The zero-order chi connectivity index (χ0) is 28.4. The van der Waals surface area contributed by atoms with Crippen LogP contribution < -0.4 is 5.73 Å². The van der Waals surface area contributed by atoms with Crippen molar-refractivity contribution in [3.63, 3.8) is 0 Å². The van der Waals surface area contributed by atoms with Crippen LogP contribution in [0.5, 0.6) is 11.5 Å². The molecular formula is C27H27NO11. The van der Waals surface area contributed by atoms with Crippen molar-refractivity contribution in [2.75, 3.05) is 6.61 Å². The van der Waals surface area contributed by atoms with Gasteiger partial charge in [-0.25, -0.2) is 0 Å². The molecule has 1 heterocycles. The summed E-state index contributed by atoms with van der Waals surface area (Å²) in [6.45, 7) is 0.524. The lowest BCUT2D eigenvalue weighted by Crippen LogP contribution is -2.53. The number of ketones is 3. The van der Waals surface area contributed by atoms with E-state index in [1.54, 1.807) is 6.92 Å². The summed E-state index contributed by atoms with van der Waals surface area (Å²) in [6, 6.07) is 3.29. The van der Waals surface area contributed by atoms with Crippen LogP contribution in [0.1, 0.15) is 79.2 Å². The second-order valence-corrected chi connectivity index (χ2v) is 10.2.